The van der Waals surface area contributed by atoms with Crippen molar-refractivity contribution in [2.45, 2.75) is 51.7 Å². The van der Waals surface area contributed by atoms with E-state index < -0.39 is 0 Å². The van der Waals surface area contributed by atoms with Crippen LogP contribution in [0.2, 0.25) is 0 Å². The number of allylic oxidation sites excluding steroid dienone is 1. The molecule has 14 heavy (non-hydrogen) atoms. The van der Waals surface area contributed by atoms with E-state index in [1.807, 2.05) is 0 Å². The maximum atomic E-state index is 5.55. The molecular weight excluding hydrogens is 176 g/mol. The van der Waals surface area contributed by atoms with Crippen LogP contribution in [-0.2, 0) is 9.47 Å². The molecule has 0 aromatic rings. The summed E-state index contributed by atoms with van der Waals surface area (Å²) < 4.78 is 11.0. The molecule has 0 aliphatic carbocycles. The van der Waals surface area contributed by atoms with E-state index in [4.69, 9.17) is 9.47 Å². The second-order valence-corrected chi connectivity index (χ2v) is 3.74. The van der Waals surface area contributed by atoms with Gasteiger partial charge in [-0.3, -0.25) is 0 Å². The summed E-state index contributed by atoms with van der Waals surface area (Å²) in [4.78, 5) is 0. The van der Waals surface area contributed by atoms with Gasteiger partial charge in [0.1, 0.15) is 0 Å². The monoisotopic (exact) mass is 198 g/mol. The van der Waals surface area contributed by atoms with Gasteiger partial charge in [-0.05, 0) is 25.7 Å². The van der Waals surface area contributed by atoms with Gasteiger partial charge in [0.2, 0.25) is 0 Å². The molecule has 2 nitrogen and oxygen atoms in total. The van der Waals surface area contributed by atoms with Crippen molar-refractivity contribution in [2.75, 3.05) is 13.2 Å². The van der Waals surface area contributed by atoms with Gasteiger partial charge in [0.15, 0.2) is 6.29 Å². The lowest BCUT2D eigenvalue weighted by atomic mass is 10.2. The van der Waals surface area contributed by atoms with Gasteiger partial charge < -0.3 is 9.47 Å². The highest BCUT2D eigenvalue weighted by Crippen LogP contribution is 2.13. The quantitative estimate of drug-likeness (QED) is 0.481. The lowest BCUT2D eigenvalue weighted by Gasteiger charge is -2.21. The number of unbranched alkanes of at least 4 members (excludes halogenated alkanes) is 2. The molecule has 2 heteroatoms. The molecule has 0 radical (unpaired) electrons. The van der Waals surface area contributed by atoms with Gasteiger partial charge in [-0.2, -0.15) is 0 Å². The summed E-state index contributed by atoms with van der Waals surface area (Å²) in [6.45, 7) is 3.78. The Morgan fingerprint density at radius 1 is 1.36 bits per heavy atom. The smallest absolute Gasteiger partial charge is 0.157 e. The Bertz CT molecular complexity index is 148. The van der Waals surface area contributed by atoms with Crippen molar-refractivity contribution in [3.63, 3.8) is 0 Å². The van der Waals surface area contributed by atoms with Crippen LogP contribution in [0.15, 0.2) is 12.2 Å². The minimum absolute atomic E-state index is 0.0552. The third-order valence-corrected chi connectivity index (χ3v) is 2.41. The van der Waals surface area contributed by atoms with Crippen molar-refractivity contribution in [3.8, 4) is 0 Å². The van der Waals surface area contributed by atoms with Crippen LogP contribution in [0.3, 0.4) is 0 Å². The molecule has 0 N–H and O–H groups in total. The molecule has 0 bridgehead atoms. The van der Waals surface area contributed by atoms with Gasteiger partial charge >= 0.3 is 0 Å². The topological polar surface area (TPSA) is 18.5 Å². The van der Waals surface area contributed by atoms with Crippen LogP contribution in [0.1, 0.15) is 45.4 Å². The van der Waals surface area contributed by atoms with Gasteiger partial charge in [-0.1, -0.05) is 31.9 Å². The van der Waals surface area contributed by atoms with Crippen LogP contribution in [0, 0.1) is 0 Å². The van der Waals surface area contributed by atoms with E-state index in [2.05, 4.69) is 19.1 Å². The fourth-order valence-electron chi connectivity index (χ4n) is 1.51. The third-order valence-electron chi connectivity index (χ3n) is 2.41. The summed E-state index contributed by atoms with van der Waals surface area (Å²) in [6, 6.07) is 0. The second kappa shape index (κ2) is 8.01. The van der Waals surface area contributed by atoms with Gasteiger partial charge in [0, 0.05) is 6.61 Å². The zero-order valence-electron chi connectivity index (χ0n) is 9.21. The van der Waals surface area contributed by atoms with Crippen molar-refractivity contribution < 1.29 is 9.47 Å². The highest BCUT2D eigenvalue weighted by molar-refractivity contribution is 4.81. The van der Waals surface area contributed by atoms with E-state index in [1.54, 1.807) is 0 Å². The minimum atomic E-state index is 0.0552. The van der Waals surface area contributed by atoms with Crippen LogP contribution in [0.4, 0.5) is 0 Å². The first-order valence-corrected chi connectivity index (χ1v) is 5.81. The molecule has 0 aromatic carbocycles. The second-order valence-electron chi connectivity index (χ2n) is 3.74. The fraction of sp³-hybridized carbons (Fsp3) is 0.833. The first-order chi connectivity index (χ1) is 6.93. The largest absolute Gasteiger partial charge is 0.353 e. The van der Waals surface area contributed by atoms with Crippen LogP contribution >= 0.6 is 0 Å². The number of ether oxygens (including phenoxy) is 2. The summed E-state index contributed by atoms with van der Waals surface area (Å²) in [5.41, 5.74) is 0. The number of hydrogen-bond donors (Lipinski definition) is 0. The molecule has 1 heterocycles. The summed E-state index contributed by atoms with van der Waals surface area (Å²) in [5.74, 6) is 0. The van der Waals surface area contributed by atoms with Crippen LogP contribution in [0.5, 0.6) is 0 Å². The van der Waals surface area contributed by atoms with Crippen LogP contribution in [0.25, 0.3) is 0 Å². The molecule has 1 fully saturated rings. The normalized spacial score (nSPS) is 23.1. The fourth-order valence-corrected chi connectivity index (χ4v) is 1.51. The predicted molar refractivity (Wildman–Crippen MR) is 58.2 cm³/mol. The summed E-state index contributed by atoms with van der Waals surface area (Å²) >= 11 is 0. The minimum Gasteiger partial charge on any atom is -0.353 e. The van der Waals surface area contributed by atoms with E-state index in [0.29, 0.717) is 6.61 Å². The molecule has 1 rings (SSSR count). The Kier molecular flexibility index (Phi) is 6.71. The van der Waals surface area contributed by atoms with E-state index in [1.165, 1.54) is 32.1 Å². The van der Waals surface area contributed by atoms with Crippen molar-refractivity contribution in [2.24, 2.45) is 0 Å². The average molecular weight is 198 g/mol. The molecule has 1 saturated heterocycles. The number of rotatable bonds is 6. The van der Waals surface area contributed by atoms with E-state index >= 15 is 0 Å². The standard InChI is InChI=1S/C12H22O2/c1-2-3-4-5-7-10-13-12-9-6-8-11-14-12/h5,7,12H,2-4,6,8-11H2,1H3/b7-5+. The lowest BCUT2D eigenvalue weighted by Crippen LogP contribution is -2.22. The van der Waals surface area contributed by atoms with E-state index in [9.17, 15) is 0 Å². The van der Waals surface area contributed by atoms with Gasteiger partial charge in [0.05, 0.1) is 6.61 Å². The Hall–Kier alpha value is -0.340. The molecule has 1 aliphatic heterocycles. The molecule has 1 unspecified atom stereocenters. The summed E-state index contributed by atoms with van der Waals surface area (Å²) in [6.07, 6.45) is 11.6. The summed E-state index contributed by atoms with van der Waals surface area (Å²) in [7, 11) is 0. The Morgan fingerprint density at radius 3 is 3.00 bits per heavy atom. The van der Waals surface area contributed by atoms with Crippen molar-refractivity contribution >= 4 is 0 Å². The first-order valence-electron chi connectivity index (χ1n) is 5.81. The molecule has 1 atom stereocenters. The predicted octanol–water partition coefficient (Wildman–Crippen LogP) is 3.28. The van der Waals surface area contributed by atoms with Crippen molar-refractivity contribution in [3.05, 3.63) is 12.2 Å². The van der Waals surface area contributed by atoms with Crippen LogP contribution in [-0.4, -0.2) is 19.5 Å². The highest BCUT2D eigenvalue weighted by atomic mass is 16.7. The Morgan fingerprint density at radius 2 is 2.29 bits per heavy atom. The molecule has 82 valence electrons. The lowest BCUT2D eigenvalue weighted by molar-refractivity contribution is -0.155. The van der Waals surface area contributed by atoms with E-state index in [0.717, 1.165) is 13.0 Å². The summed E-state index contributed by atoms with van der Waals surface area (Å²) in [5, 5.41) is 0. The van der Waals surface area contributed by atoms with Gasteiger partial charge in [0.25, 0.3) is 0 Å². The number of hydrogen-bond acceptors (Lipinski definition) is 2. The molecule has 0 saturated carbocycles. The van der Waals surface area contributed by atoms with Crippen LogP contribution < -0.4 is 0 Å². The maximum Gasteiger partial charge on any atom is 0.157 e. The zero-order chi connectivity index (χ0) is 10.1. The van der Waals surface area contributed by atoms with Crippen molar-refractivity contribution in [1.82, 2.24) is 0 Å². The Labute approximate surface area is 87.3 Å². The molecule has 0 spiro atoms. The molecular formula is C12H22O2. The highest BCUT2D eigenvalue weighted by Gasteiger charge is 2.12. The SMILES string of the molecule is CCCC/C=C/COC1CCCCO1. The van der Waals surface area contributed by atoms with E-state index in [-0.39, 0.29) is 6.29 Å². The maximum absolute atomic E-state index is 5.55. The average Bonchev–Trinajstić information content (AvgIpc) is 2.25. The third kappa shape index (κ3) is 5.40. The molecule has 0 amide bonds. The molecule has 1 aliphatic rings. The molecule has 0 aromatic heterocycles. The van der Waals surface area contributed by atoms with Gasteiger partial charge in [-0.15, -0.1) is 0 Å². The first kappa shape index (κ1) is 11.7. The Balaban J connectivity index is 1.94. The zero-order valence-corrected chi connectivity index (χ0v) is 9.21. The van der Waals surface area contributed by atoms with Crippen molar-refractivity contribution in [1.29, 1.82) is 0 Å². The van der Waals surface area contributed by atoms with Gasteiger partial charge in [-0.25, -0.2) is 0 Å².